The SMILES string of the molecule is CN(CC1CCOCC1)c1ccc(C(=O)O)nc1. The zero-order valence-electron chi connectivity index (χ0n) is 10.5. The van der Waals surface area contributed by atoms with E-state index in [0.29, 0.717) is 5.92 Å². The molecular formula is C13H18N2O3. The van der Waals surface area contributed by atoms with E-state index in [1.165, 1.54) is 6.07 Å². The summed E-state index contributed by atoms with van der Waals surface area (Å²) in [6.45, 7) is 2.64. The zero-order valence-corrected chi connectivity index (χ0v) is 10.5. The van der Waals surface area contributed by atoms with Crippen LogP contribution in [0.4, 0.5) is 5.69 Å². The summed E-state index contributed by atoms with van der Waals surface area (Å²) >= 11 is 0. The van der Waals surface area contributed by atoms with Crippen LogP contribution in [0.15, 0.2) is 18.3 Å². The van der Waals surface area contributed by atoms with Crippen molar-refractivity contribution < 1.29 is 14.6 Å². The summed E-state index contributed by atoms with van der Waals surface area (Å²) in [4.78, 5) is 16.8. The zero-order chi connectivity index (χ0) is 13.0. The Hall–Kier alpha value is -1.62. The van der Waals surface area contributed by atoms with E-state index in [4.69, 9.17) is 9.84 Å². The summed E-state index contributed by atoms with van der Waals surface area (Å²) in [6, 6.07) is 3.34. The van der Waals surface area contributed by atoms with Crippen LogP contribution in [0.25, 0.3) is 0 Å². The summed E-state index contributed by atoms with van der Waals surface area (Å²) in [5.41, 5.74) is 1.03. The molecule has 1 aliphatic rings. The molecule has 0 saturated carbocycles. The fourth-order valence-corrected chi connectivity index (χ4v) is 2.16. The van der Waals surface area contributed by atoms with Gasteiger partial charge in [0.05, 0.1) is 11.9 Å². The maximum atomic E-state index is 10.7. The molecule has 0 radical (unpaired) electrons. The molecule has 1 aromatic heterocycles. The number of aromatic nitrogens is 1. The molecule has 0 aliphatic carbocycles. The Morgan fingerprint density at radius 1 is 1.50 bits per heavy atom. The van der Waals surface area contributed by atoms with Gasteiger partial charge in [-0.2, -0.15) is 0 Å². The highest BCUT2D eigenvalue weighted by atomic mass is 16.5. The van der Waals surface area contributed by atoms with Crippen molar-refractivity contribution in [3.8, 4) is 0 Å². The number of hydrogen-bond donors (Lipinski definition) is 1. The topological polar surface area (TPSA) is 62.7 Å². The summed E-state index contributed by atoms with van der Waals surface area (Å²) in [5, 5.41) is 8.79. The molecule has 0 unspecified atom stereocenters. The summed E-state index contributed by atoms with van der Waals surface area (Å²) in [5.74, 6) is -0.350. The molecule has 1 aliphatic heterocycles. The standard InChI is InChI=1S/C13H18N2O3/c1-15(9-10-4-6-18-7-5-10)11-2-3-12(13(16)17)14-8-11/h2-3,8,10H,4-7,9H2,1H3,(H,16,17). The monoisotopic (exact) mass is 250 g/mol. The molecule has 18 heavy (non-hydrogen) atoms. The lowest BCUT2D eigenvalue weighted by Gasteiger charge is -2.28. The summed E-state index contributed by atoms with van der Waals surface area (Å²) in [7, 11) is 2.01. The second-order valence-electron chi connectivity index (χ2n) is 4.64. The lowest BCUT2D eigenvalue weighted by Crippen LogP contribution is -2.29. The van der Waals surface area contributed by atoms with Crippen LogP contribution in [0.3, 0.4) is 0 Å². The first-order valence-electron chi connectivity index (χ1n) is 6.15. The third-order valence-electron chi connectivity index (χ3n) is 3.28. The van der Waals surface area contributed by atoms with Gasteiger partial charge in [-0.25, -0.2) is 9.78 Å². The molecule has 1 saturated heterocycles. The first-order valence-corrected chi connectivity index (χ1v) is 6.15. The molecule has 0 bridgehead atoms. The van der Waals surface area contributed by atoms with Crippen molar-refractivity contribution in [3.63, 3.8) is 0 Å². The average Bonchev–Trinajstić information content (AvgIpc) is 2.40. The van der Waals surface area contributed by atoms with Gasteiger partial charge < -0.3 is 14.7 Å². The highest BCUT2D eigenvalue weighted by Crippen LogP contribution is 2.19. The second kappa shape index (κ2) is 5.82. The van der Waals surface area contributed by atoms with Crippen LogP contribution in [-0.2, 0) is 4.74 Å². The average molecular weight is 250 g/mol. The van der Waals surface area contributed by atoms with E-state index < -0.39 is 5.97 Å². The van der Waals surface area contributed by atoms with Gasteiger partial charge in [0, 0.05) is 26.8 Å². The molecule has 5 nitrogen and oxygen atoms in total. The summed E-state index contributed by atoms with van der Waals surface area (Å²) in [6.07, 6.45) is 3.79. The normalized spacial score (nSPS) is 16.5. The molecule has 0 spiro atoms. The first kappa shape index (κ1) is 12.8. The van der Waals surface area contributed by atoms with Crippen molar-refractivity contribution in [2.24, 2.45) is 5.92 Å². The molecule has 2 heterocycles. The molecule has 98 valence electrons. The van der Waals surface area contributed by atoms with Gasteiger partial charge in [-0.05, 0) is 30.9 Å². The van der Waals surface area contributed by atoms with Crippen LogP contribution in [-0.4, -0.2) is 42.9 Å². The Bertz CT molecular complexity index is 399. The number of aromatic carboxylic acids is 1. The van der Waals surface area contributed by atoms with E-state index >= 15 is 0 Å². The molecular weight excluding hydrogens is 232 g/mol. The van der Waals surface area contributed by atoms with Crippen molar-refractivity contribution in [2.75, 3.05) is 31.7 Å². The Morgan fingerprint density at radius 2 is 2.22 bits per heavy atom. The van der Waals surface area contributed by atoms with E-state index in [0.717, 1.165) is 38.3 Å². The van der Waals surface area contributed by atoms with Gasteiger partial charge >= 0.3 is 5.97 Å². The molecule has 5 heteroatoms. The number of pyridine rings is 1. The fourth-order valence-electron chi connectivity index (χ4n) is 2.16. The lowest BCUT2D eigenvalue weighted by molar-refractivity contribution is 0.0682. The third kappa shape index (κ3) is 3.20. The minimum atomic E-state index is -0.992. The van der Waals surface area contributed by atoms with E-state index in [2.05, 4.69) is 9.88 Å². The second-order valence-corrected chi connectivity index (χ2v) is 4.64. The van der Waals surface area contributed by atoms with Crippen molar-refractivity contribution >= 4 is 11.7 Å². The van der Waals surface area contributed by atoms with Crippen molar-refractivity contribution in [2.45, 2.75) is 12.8 Å². The maximum absolute atomic E-state index is 10.7. The highest BCUT2D eigenvalue weighted by Gasteiger charge is 2.16. The van der Waals surface area contributed by atoms with Crippen molar-refractivity contribution in [1.82, 2.24) is 4.98 Å². The van der Waals surface area contributed by atoms with Gasteiger partial charge in [0.1, 0.15) is 5.69 Å². The minimum absolute atomic E-state index is 0.0817. The third-order valence-corrected chi connectivity index (χ3v) is 3.28. The number of nitrogens with zero attached hydrogens (tertiary/aromatic N) is 2. The van der Waals surface area contributed by atoms with Gasteiger partial charge in [-0.1, -0.05) is 0 Å². The van der Waals surface area contributed by atoms with Crippen LogP contribution < -0.4 is 4.90 Å². The number of carboxylic acids is 1. The predicted octanol–water partition coefficient (Wildman–Crippen LogP) is 1.64. The van der Waals surface area contributed by atoms with Crippen LogP contribution in [0.2, 0.25) is 0 Å². The van der Waals surface area contributed by atoms with Crippen LogP contribution in [0.1, 0.15) is 23.3 Å². The number of rotatable bonds is 4. The van der Waals surface area contributed by atoms with Crippen molar-refractivity contribution in [3.05, 3.63) is 24.0 Å². The molecule has 0 amide bonds. The number of ether oxygens (including phenoxy) is 1. The lowest BCUT2D eigenvalue weighted by atomic mass is 10.00. The number of carbonyl (C=O) groups is 1. The minimum Gasteiger partial charge on any atom is -0.477 e. The van der Waals surface area contributed by atoms with Gasteiger partial charge in [-0.3, -0.25) is 0 Å². The van der Waals surface area contributed by atoms with E-state index in [9.17, 15) is 4.79 Å². The van der Waals surface area contributed by atoms with E-state index in [1.807, 2.05) is 7.05 Å². The van der Waals surface area contributed by atoms with Crippen LogP contribution >= 0.6 is 0 Å². The van der Waals surface area contributed by atoms with Crippen molar-refractivity contribution in [1.29, 1.82) is 0 Å². The predicted molar refractivity (Wildman–Crippen MR) is 68.0 cm³/mol. The van der Waals surface area contributed by atoms with Crippen LogP contribution in [0.5, 0.6) is 0 Å². The van der Waals surface area contributed by atoms with Gasteiger partial charge in [-0.15, -0.1) is 0 Å². The number of anilines is 1. The summed E-state index contributed by atoms with van der Waals surface area (Å²) < 4.78 is 5.33. The van der Waals surface area contributed by atoms with Gasteiger partial charge in [0.25, 0.3) is 0 Å². The largest absolute Gasteiger partial charge is 0.477 e. The quantitative estimate of drug-likeness (QED) is 0.880. The number of hydrogen-bond acceptors (Lipinski definition) is 4. The van der Waals surface area contributed by atoms with Crippen LogP contribution in [0, 0.1) is 5.92 Å². The molecule has 1 N–H and O–H groups in total. The smallest absolute Gasteiger partial charge is 0.354 e. The Morgan fingerprint density at radius 3 is 2.78 bits per heavy atom. The van der Waals surface area contributed by atoms with Gasteiger partial charge in [0.2, 0.25) is 0 Å². The fraction of sp³-hybridized carbons (Fsp3) is 0.538. The molecule has 0 atom stereocenters. The van der Waals surface area contributed by atoms with Gasteiger partial charge in [0.15, 0.2) is 0 Å². The van der Waals surface area contributed by atoms with E-state index in [1.54, 1.807) is 12.3 Å². The molecule has 0 aromatic carbocycles. The highest BCUT2D eigenvalue weighted by molar-refractivity contribution is 5.85. The molecule has 1 aromatic rings. The van der Waals surface area contributed by atoms with E-state index in [-0.39, 0.29) is 5.69 Å². The number of carboxylic acid groups (broad SMARTS) is 1. The Labute approximate surface area is 106 Å². The molecule has 1 fully saturated rings. The molecule has 2 rings (SSSR count). The Kier molecular flexibility index (Phi) is 4.15. The maximum Gasteiger partial charge on any atom is 0.354 e. The first-order chi connectivity index (χ1) is 8.66. The Balaban J connectivity index is 1.95.